The van der Waals surface area contributed by atoms with Crippen molar-refractivity contribution in [2.24, 2.45) is 5.16 Å². The molecular weight excluding hydrogens is 352 g/mol. The minimum atomic E-state index is -0.350. The number of rotatable bonds is 6. The minimum absolute atomic E-state index is 0.249. The zero-order valence-electron chi connectivity index (χ0n) is 15.0. The molecule has 0 saturated carbocycles. The van der Waals surface area contributed by atoms with Gasteiger partial charge in [0.1, 0.15) is 11.6 Å². The fourth-order valence-electron chi connectivity index (χ4n) is 2.95. The van der Waals surface area contributed by atoms with Gasteiger partial charge in [-0.1, -0.05) is 29.4 Å². The highest BCUT2D eigenvalue weighted by Crippen LogP contribution is 2.19. The lowest BCUT2D eigenvalue weighted by Crippen LogP contribution is -2.43. The lowest BCUT2D eigenvalue weighted by Gasteiger charge is -2.25. The van der Waals surface area contributed by atoms with Crippen LogP contribution in [-0.2, 0) is 11.4 Å². The van der Waals surface area contributed by atoms with Gasteiger partial charge >= 0.3 is 6.03 Å². The number of carbonyl (C=O) groups is 1. The Morgan fingerprint density at radius 1 is 1.22 bits per heavy atom. The second-order valence-electron chi connectivity index (χ2n) is 6.33. The Labute approximate surface area is 156 Å². The van der Waals surface area contributed by atoms with Crippen LogP contribution in [0.2, 0.25) is 0 Å². The number of oxime groups is 1. The SMILES string of the molecule is CCNC(=O)N(Cc1cccc(F)c1)C[C@@H]1CC(c2cccc(F)c2)=NO1. The van der Waals surface area contributed by atoms with Gasteiger partial charge in [-0.05, 0) is 36.8 Å². The molecule has 2 aromatic rings. The first-order valence-electron chi connectivity index (χ1n) is 8.81. The summed E-state index contributed by atoms with van der Waals surface area (Å²) < 4.78 is 26.9. The fraction of sp³-hybridized carbons (Fsp3) is 0.300. The van der Waals surface area contributed by atoms with Gasteiger partial charge in [0.05, 0.1) is 12.3 Å². The third-order valence-electron chi connectivity index (χ3n) is 4.19. The molecule has 0 aromatic heterocycles. The van der Waals surface area contributed by atoms with Crippen molar-refractivity contribution in [3.63, 3.8) is 0 Å². The summed E-state index contributed by atoms with van der Waals surface area (Å²) in [4.78, 5) is 19.4. The van der Waals surface area contributed by atoms with Gasteiger partial charge in [0.2, 0.25) is 0 Å². The van der Waals surface area contributed by atoms with Crippen LogP contribution in [0.4, 0.5) is 13.6 Å². The van der Waals surface area contributed by atoms with Crippen molar-refractivity contribution >= 4 is 11.7 Å². The maximum Gasteiger partial charge on any atom is 0.317 e. The smallest absolute Gasteiger partial charge is 0.317 e. The second kappa shape index (κ2) is 8.62. The monoisotopic (exact) mass is 373 g/mol. The molecule has 0 saturated heterocycles. The quantitative estimate of drug-likeness (QED) is 0.840. The Morgan fingerprint density at radius 2 is 1.96 bits per heavy atom. The molecule has 0 bridgehead atoms. The van der Waals surface area contributed by atoms with Gasteiger partial charge in [-0.2, -0.15) is 0 Å². The minimum Gasteiger partial charge on any atom is -0.390 e. The number of hydrogen-bond acceptors (Lipinski definition) is 3. The predicted octanol–water partition coefficient (Wildman–Crippen LogP) is 3.69. The highest BCUT2D eigenvalue weighted by Gasteiger charge is 2.27. The van der Waals surface area contributed by atoms with Gasteiger partial charge < -0.3 is 15.1 Å². The van der Waals surface area contributed by atoms with Crippen LogP contribution in [0.25, 0.3) is 0 Å². The highest BCUT2D eigenvalue weighted by molar-refractivity contribution is 6.01. The largest absolute Gasteiger partial charge is 0.390 e. The first kappa shape index (κ1) is 18.8. The normalized spacial score (nSPS) is 15.8. The van der Waals surface area contributed by atoms with Crippen molar-refractivity contribution in [3.05, 3.63) is 71.3 Å². The number of nitrogens with zero attached hydrogens (tertiary/aromatic N) is 2. The van der Waals surface area contributed by atoms with Crippen molar-refractivity contribution in [2.45, 2.75) is 26.0 Å². The molecule has 1 aliphatic rings. The molecule has 0 unspecified atom stereocenters. The molecule has 27 heavy (non-hydrogen) atoms. The van der Waals surface area contributed by atoms with Crippen molar-refractivity contribution in [1.29, 1.82) is 0 Å². The highest BCUT2D eigenvalue weighted by atomic mass is 19.1. The van der Waals surface area contributed by atoms with Gasteiger partial charge in [-0.3, -0.25) is 0 Å². The van der Waals surface area contributed by atoms with Crippen LogP contribution >= 0.6 is 0 Å². The van der Waals surface area contributed by atoms with Crippen LogP contribution < -0.4 is 5.32 Å². The van der Waals surface area contributed by atoms with E-state index in [1.54, 1.807) is 29.2 Å². The number of hydrogen-bond donors (Lipinski definition) is 1. The van der Waals surface area contributed by atoms with Gasteiger partial charge in [0.25, 0.3) is 0 Å². The van der Waals surface area contributed by atoms with E-state index in [9.17, 15) is 13.6 Å². The molecule has 0 aliphatic carbocycles. The van der Waals surface area contributed by atoms with Gasteiger partial charge in [0.15, 0.2) is 6.10 Å². The Kier molecular flexibility index (Phi) is 6.01. The van der Waals surface area contributed by atoms with Crippen molar-refractivity contribution in [3.8, 4) is 0 Å². The molecule has 5 nitrogen and oxygen atoms in total. The first-order valence-corrected chi connectivity index (χ1v) is 8.81. The van der Waals surface area contributed by atoms with E-state index in [0.29, 0.717) is 29.8 Å². The molecule has 2 aromatic carbocycles. The lowest BCUT2D eigenvalue weighted by atomic mass is 10.0. The number of nitrogens with one attached hydrogen (secondary N) is 1. The molecule has 0 spiro atoms. The van der Waals surface area contributed by atoms with E-state index in [-0.39, 0.29) is 36.9 Å². The molecule has 1 N–H and O–H groups in total. The molecular formula is C20H21F2N3O2. The zero-order valence-corrected chi connectivity index (χ0v) is 15.0. The summed E-state index contributed by atoms with van der Waals surface area (Å²) in [6.45, 7) is 2.84. The van der Waals surface area contributed by atoms with Crippen LogP contribution in [0.1, 0.15) is 24.5 Å². The van der Waals surface area contributed by atoms with Crippen LogP contribution in [0, 0.1) is 11.6 Å². The van der Waals surface area contributed by atoms with Crippen LogP contribution in [0.3, 0.4) is 0 Å². The van der Waals surface area contributed by atoms with Crippen LogP contribution in [0.5, 0.6) is 0 Å². The topological polar surface area (TPSA) is 53.9 Å². The summed E-state index contributed by atoms with van der Waals surface area (Å²) in [5.41, 5.74) is 1.99. The Balaban J connectivity index is 1.67. The van der Waals surface area contributed by atoms with Gasteiger partial charge in [-0.15, -0.1) is 0 Å². The average molecular weight is 373 g/mol. The molecule has 142 valence electrons. The maximum absolute atomic E-state index is 13.5. The van der Waals surface area contributed by atoms with E-state index in [4.69, 9.17) is 4.84 Å². The van der Waals surface area contributed by atoms with E-state index < -0.39 is 0 Å². The number of amides is 2. The summed E-state index contributed by atoms with van der Waals surface area (Å²) in [6.07, 6.45) is 0.113. The molecule has 7 heteroatoms. The number of halogens is 2. The van der Waals surface area contributed by atoms with E-state index in [1.807, 2.05) is 6.92 Å². The Morgan fingerprint density at radius 3 is 2.67 bits per heavy atom. The van der Waals surface area contributed by atoms with Crippen molar-refractivity contribution in [1.82, 2.24) is 10.2 Å². The summed E-state index contributed by atoms with van der Waals surface area (Å²) >= 11 is 0. The van der Waals surface area contributed by atoms with E-state index in [2.05, 4.69) is 10.5 Å². The third-order valence-corrected chi connectivity index (χ3v) is 4.19. The first-order chi connectivity index (χ1) is 13.0. The van der Waals surface area contributed by atoms with E-state index in [1.165, 1.54) is 24.3 Å². The molecule has 1 heterocycles. The second-order valence-corrected chi connectivity index (χ2v) is 6.33. The molecule has 0 radical (unpaired) electrons. The average Bonchev–Trinajstić information content (AvgIpc) is 3.10. The predicted molar refractivity (Wildman–Crippen MR) is 98.3 cm³/mol. The molecule has 3 rings (SSSR count). The lowest BCUT2D eigenvalue weighted by molar-refractivity contribution is 0.0590. The summed E-state index contributed by atoms with van der Waals surface area (Å²) in [6, 6.07) is 12.0. The summed E-state index contributed by atoms with van der Waals surface area (Å²) in [7, 11) is 0. The molecule has 1 aliphatic heterocycles. The van der Waals surface area contributed by atoms with Crippen LogP contribution in [-0.4, -0.2) is 35.8 Å². The van der Waals surface area contributed by atoms with Gasteiger partial charge in [-0.25, -0.2) is 13.6 Å². The number of benzene rings is 2. The zero-order chi connectivity index (χ0) is 19.2. The van der Waals surface area contributed by atoms with Crippen molar-refractivity contribution < 1.29 is 18.4 Å². The fourth-order valence-corrected chi connectivity index (χ4v) is 2.95. The summed E-state index contributed by atoms with van der Waals surface area (Å²) in [5.74, 6) is -0.689. The Bertz CT molecular complexity index is 841. The maximum atomic E-state index is 13.5. The number of urea groups is 1. The number of carbonyl (C=O) groups excluding carboxylic acids is 1. The van der Waals surface area contributed by atoms with E-state index in [0.717, 1.165) is 0 Å². The molecule has 1 atom stereocenters. The molecule has 2 amide bonds. The molecule has 0 fully saturated rings. The van der Waals surface area contributed by atoms with Gasteiger partial charge in [0, 0.05) is 25.1 Å². The standard InChI is InChI=1S/C20H21F2N3O2/c1-2-23-20(26)25(12-14-5-3-7-16(21)9-14)13-18-11-19(24-27-18)15-6-4-8-17(22)10-15/h3-10,18H,2,11-13H2,1H3,(H,23,26)/t18-/m0/s1. The van der Waals surface area contributed by atoms with Crippen LogP contribution in [0.15, 0.2) is 53.7 Å². The Hall–Kier alpha value is -2.96. The van der Waals surface area contributed by atoms with E-state index >= 15 is 0 Å². The van der Waals surface area contributed by atoms with Crippen molar-refractivity contribution in [2.75, 3.05) is 13.1 Å². The third kappa shape index (κ3) is 5.03. The summed E-state index contributed by atoms with van der Waals surface area (Å²) in [5, 5.41) is 6.80.